The molecule has 26 heavy (non-hydrogen) atoms. The fourth-order valence-electron chi connectivity index (χ4n) is 2.58. The molecular weight excluding hydrogens is 394 g/mol. The van der Waals surface area contributed by atoms with Crippen LogP contribution in [0.1, 0.15) is 65.9 Å². The van der Waals surface area contributed by atoms with Gasteiger partial charge in [-0.05, 0) is 45.5 Å². The van der Waals surface area contributed by atoms with Gasteiger partial charge in [-0.2, -0.15) is 0 Å². The van der Waals surface area contributed by atoms with Crippen LogP contribution >= 0.6 is 15.9 Å². The summed E-state index contributed by atoms with van der Waals surface area (Å²) in [5.41, 5.74) is 1.36. The van der Waals surface area contributed by atoms with Gasteiger partial charge in [-0.25, -0.2) is 0 Å². The lowest BCUT2D eigenvalue weighted by Gasteiger charge is -2.25. The maximum Gasteiger partial charge on any atom is 0.209 e. The van der Waals surface area contributed by atoms with Gasteiger partial charge in [-0.15, -0.1) is 0 Å². The third kappa shape index (κ3) is 9.58. The molecule has 150 valence electrons. The zero-order valence-corrected chi connectivity index (χ0v) is 18.6. The number of carbonyl (C=O) groups is 1. The van der Waals surface area contributed by atoms with Crippen molar-refractivity contribution in [2.45, 2.75) is 65.7 Å². The maximum absolute atomic E-state index is 10.0. The van der Waals surface area contributed by atoms with E-state index in [0.717, 1.165) is 24.0 Å². The molecule has 0 atom stereocenters. The predicted molar refractivity (Wildman–Crippen MR) is 113 cm³/mol. The Morgan fingerprint density at radius 1 is 1.23 bits per heavy atom. The first-order valence-corrected chi connectivity index (χ1v) is 10.5. The SMILES string of the molecule is CC.CCCCCC(C)(C)c1ccc(Br)c(O)c1.O=CN1CCOCC1. The fraction of sp³-hybridized carbons (Fsp3) is 0.667. The van der Waals surface area contributed by atoms with Crippen LogP contribution in [0, 0.1) is 0 Å². The normalized spacial score (nSPS) is 13.8. The molecule has 4 nitrogen and oxygen atoms in total. The molecule has 2 rings (SSSR count). The number of morpholine rings is 1. The van der Waals surface area contributed by atoms with Crippen LogP contribution in [-0.4, -0.2) is 42.7 Å². The number of aromatic hydroxyl groups is 1. The van der Waals surface area contributed by atoms with Crippen LogP contribution in [0.25, 0.3) is 0 Å². The number of carbonyl (C=O) groups excluding carboxylic acids is 1. The molecular formula is C21H36BrNO3. The summed E-state index contributed by atoms with van der Waals surface area (Å²) < 4.78 is 5.77. The molecule has 1 aliphatic heterocycles. The molecule has 0 bridgehead atoms. The van der Waals surface area contributed by atoms with E-state index in [1.54, 1.807) is 4.90 Å². The molecule has 1 aliphatic rings. The van der Waals surface area contributed by atoms with Gasteiger partial charge < -0.3 is 14.7 Å². The monoisotopic (exact) mass is 429 g/mol. The van der Waals surface area contributed by atoms with Crippen LogP contribution in [0.5, 0.6) is 5.75 Å². The Morgan fingerprint density at radius 3 is 2.31 bits per heavy atom. The second-order valence-corrected chi connectivity index (χ2v) is 7.62. The van der Waals surface area contributed by atoms with E-state index >= 15 is 0 Å². The zero-order chi connectivity index (χ0) is 20.0. The molecule has 1 heterocycles. The molecule has 1 saturated heterocycles. The highest BCUT2D eigenvalue weighted by molar-refractivity contribution is 9.10. The predicted octanol–water partition coefficient (Wildman–Crippen LogP) is 5.51. The Labute approximate surface area is 168 Å². The Morgan fingerprint density at radius 2 is 1.85 bits per heavy atom. The first-order valence-electron chi connectivity index (χ1n) is 9.66. The Hall–Kier alpha value is -1.07. The maximum atomic E-state index is 10.0. The standard InChI is InChI=1S/C14H21BrO.C5H9NO2.C2H6/c1-4-5-6-9-14(2,3)11-7-8-12(15)13(16)10-11;7-5-6-1-3-8-4-2-6;1-2/h7-8,10,16H,4-6,9H2,1-3H3;5H,1-4H2;1-2H3. The van der Waals surface area contributed by atoms with Crippen LogP contribution < -0.4 is 0 Å². The fourth-order valence-corrected chi connectivity index (χ4v) is 2.82. The average Bonchev–Trinajstić information content (AvgIpc) is 2.67. The third-order valence-corrected chi connectivity index (χ3v) is 5.00. The number of nitrogens with zero attached hydrogens (tertiary/aromatic N) is 1. The third-order valence-electron chi connectivity index (χ3n) is 4.33. The highest BCUT2D eigenvalue weighted by Crippen LogP contribution is 2.34. The van der Waals surface area contributed by atoms with Crippen molar-refractivity contribution in [2.24, 2.45) is 0 Å². The van der Waals surface area contributed by atoms with Gasteiger partial charge in [0.25, 0.3) is 0 Å². The number of phenolic OH excluding ortho intramolecular Hbond substituents is 1. The summed E-state index contributed by atoms with van der Waals surface area (Å²) in [6.45, 7) is 13.6. The number of ether oxygens (including phenoxy) is 1. The zero-order valence-electron chi connectivity index (χ0n) is 17.1. The van der Waals surface area contributed by atoms with E-state index < -0.39 is 0 Å². The van der Waals surface area contributed by atoms with E-state index in [2.05, 4.69) is 42.8 Å². The van der Waals surface area contributed by atoms with Crippen molar-refractivity contribution in [2.75, 3.05) is 26.3 Å². The summed E-state index contributed by atoms with van der Waals surface area (Å²) in [5, 5.41) is 9.69. The van der Waals surface area contributed by atoms with Crippen molar-refractivity contribution >= 4 is 22.3 Å². The molecule has 5 heteroatoms. The number of phenols is 1. The first kappa shape index (κ1) is 24.9. The molecule has 1 N–H and O–H groups in total. The van der Waals surface area contributed by atoms with E-state index in [-0.39, 0.29) is 5.41 Å². The van der Waals surface area contributed by atoms with Gasteiger partial charge in [0.15, 0.2) is 0 Å². The lowest BCUT2D eigenvalue weighted by molar-refractivity contribution is -0.121. The van der Waals surface area contributed by atoms with E-state index in [0.29, 0.717) is 19.0 Å². The van der Waals surface area contributed by atoms with E-state index in [4.69, 9.17) is 4.74 Å². The van der Waals surface area contributed by atoms with Crippen LogP contribution in [0.15, 0.2) is 22.7 Å². The molecule has 0 spiro atoms. The average molecular weight is 430 g/mol. The van der Waals surface area contributed by atoms with Crippen molar-refractivity contribution in [3.05, 3.63) is 28.2 Å². The van der Waals surface area contributed by atoms with Crippen LogP contribution in [0.2, 0.25) is 0 Å². The molecule has 0 unspecified atom stereocenters. The highest BCUT2D eigenvalue weighted by Gasteiger charge is 2.20. The lowest BCUT2D eigenvalue weighted by Crippen LogP contribution is -2.34. The number of halogens is 1. The Bertz CT molecular complexity index is 500. The van der Waals surface area contributed by atoms with Gasteiger partial charge in [0.05, 0.1) is 17.7 Å². The van der Waals surface area contributed by atoms with Gasteiger partial charge in [0.1, 0.15) is 5.75 Å². The molecule has 1 amide bonds. The minimum Gasteiger partial charge on any atom is -0.507 e. The number of benzene rings is 1. The number of rotatable bonds is 6. The minimum absolute atomic E-state index is 0.146. The molecule has 0 saturated carbocycles. The second kappa shape index (κ2) is 14.0. The smallest absolute Gasteiger partial charge is 0.209 e. The van der Waals surface area contributed by atoms with Crippen molar-refractivity contribution in [3.63, 3.8) is 0 Å². The van der Waals surface area contributed by atoms with Gasteiger partial charge in [0.2, 0.25) is 6.41 Å². The highest BCUT2D eigenvalue weighted by atomic mass is 79.9. The summed E-state index contributed by atoms with van der Waals surface area (Å²) in [7, 11) is 0. The number of amides is 1. The van der Waals surface area contributed by atoms with Gasteiger partial charge in [0, 0.05) is 13.1 Å². The molecule has 1 aromatic rings. The minimum atomic E-state index is 0.146. The molecule has 0 radical (unpaired) electrons. The molecule has 1 aromatic carbocycles. The summed E-state index contributed by atoms with van der Waals surface area (Å²) in [4.78, 5) is 11.7. The van der Waals surface area contributed by atoms with Crippen molar-refractivity contribution in [1.29, 1.82) is 0 Å². The summed E-state index contributed by atoms with van der Waals surface area (Å²) >= 11 is 3.31. The summed E-state index contributed by atoms with van der Waals surface area (Å²) in [5.74, 6) is 0.334. The van der Waals surface area contributed by atoms with E-state index in [9.17, 15) is 9.90 Å². The van der Waals surface area contributed by atoms with Crippen molar-refractivity contribution in [3.8, 4) is 5.75 Å². The second-order valence-electron chi connectivity index (χ2n) is 6.76. The summed E-state index contributed by atoms with van der Waals surface area (Å²) in [6.07, 6.45) is 5.82. The topological polar surface area (TPSA) is 49.8 Å². The molecule has 0 aliphatic carbocycles. The largest absolute Gasteiger partial charge is 0.507 e. The van der Waals surface area contributed by atoms with Crippen LogP contribution in [0.3, 0.4) is 0 Å². The molecule has 1 fully saturated rings. The first-order chi connectivity index (χ1) is 12.4. The molecule has 0 aromatic heterocycles. The Kier molecular flexibility index (Phi) is 13.5. The quantitative estimate of drug-likeness (QED) is 0.478. The van der Waals surface area contributed by atoms with Crippen LogP contribution in [-0.2, 0) is 14.9 Å². The number of unbranched alkanes of at least 4 members (excludes halogenated alkanes) is 2. The van der Waals surface area contributed by atoms with Gasteiger partial charge in [-0.3, -0.25) is 4.79 Å². The van der Waals surface area contributed by atoms with Crippen molar-refractivity contribution in [1.82, 2.24) is 4.90 Å². The van der Waals surface area contributed by atoms with Crippen molar-refractivity contribution < 1.29 is 14.6 Å². The summed E-state index contributed by atoms with van der Waals surface area (Å²) in [6, 6.07) is 5.89. The number of hydrogen-bond acceptors (Lipinski definition) is 3. The Balaban J connectivity index is 0.000000522. The van der Waals surface area contributed by atoms with Gasteiger partial charge in [-0.1, -0.05) is 59.9 Å². The van der Waals surface area contributed by atoms with Crippen LogP contribution in [0.4, 0.5) is 0 Å². The lowest BCUT2D eigenvalue weighted by atomic mass is 9.80. The number of hydrogen-bond donors (Lipinski definition) is 1. The van der Waals surface area contributed by atoms with E-state index in [1.807, 2.05) is 26.0 Å². The van der Waals surface area contributed by atoms with E-state index in [1.165, 1.54) is 31.2 Å². The van der Waals surface area contributed by atoms with Gasteiger partial charge >= 0.3 is 0 Å².